The predicted octanol–water partition coefficient (Wildman–Crippen LogP) is 0.360. The summed E-state index contributed by atoms with van der Waals surface area (Å²) in [6.07, 6.45) is 0.259. The molecule has 0 rings (SSSR count). The van der Waals surface area contributed by atoms with Crippen LogP contribution in [0.5, 0.6) is 0 Å². The zero-order valence-electron chi connectivity index (χ0n) is 6.29. The molecule has 0 heterocycles. The number of aliphatic hydroxyl groups is 2. The van der Waals surface area contributed by atoms with Gasteiger partial charge in [-0.15, -0.1) is 0 Å². The summed E-state index contributed by atoms with van der Waals surface area (Å²) in [6, 6.07) is 0. The van der Waals surface area contributed by atoms with Gasteiger partial charge in [0.25, 0.3) is 0 Å². The normalized spacial score (nSPS) is 11.7. The topological polar surface area (TPSA) is 49.7 Å². The molecule has 1 unspecified atom stereocenters. The molecular formula is C6H16O3. The minimum absolute atomic E-state index is 0.319. The molecule has 0 aliphatic rings. The smallest absolute Gasteiger partial charge is 0.151 e. The molecule has 3 nitrogen and oxygen atoms in total. The van der Waals surface area contributed by atoms with E-state index >= 15 is 0 Å². The number of methoxy groups -OCH3 is 1. The first-order valence-electron chi connectivity index (χ1n) is 3.00. The molecule has 0 bridgehead atoms. The lowest BCUT2D eigenvalue weighted by atomic mass is 10.5. The van der Waals surface area contributed by atoms with Crippen molar-refractivity contribution in [1.29, 1.82) is 0 Å². The lowest BCUT2D eigenvalue weighted by molar-refractivity contribution is -0.0583. The van der Waals surface area contributed by atoms with Crippen LogP contribution in [-0.2, 0) is 4.74 Å². The Morgan fingerprint density at radius 2 is 1.78 bits per heavy atom. The van der Waals surface area contributed by atoms with Crippen LogP contribution in [0.25, 0.3) is 0 Å². The van der Waals surface area contributed by atoms with Gasteiger partial charge in [-0.2, -0.15) is 0 Å². The fourth-order valence-electron chi connectivity index (χ4n) is 0. The molecule has 0 spiro atoms. The van der Waals surface area contributed by atoms with Crippen LogP contribution >= 0.6 is 0 Å². The Hall–Kier alpha value is -0.120. The summed E-state index contributed by atoms with van der Waals surface area (Å²) < 4.78 is 4.31. The van der Waals surface area contributed by atoms with Gasteiger partial charge in [0.15, 0.2) is 6.29 Å². The van der Waals surface area contributed by atoms with Gasteiger partial charge >= 0.3 is 0 Å². The molecule has 1 atom stereocenters. The van der Waals surface area contributed by atoms with Gasteiger partial charge in [-0.05, 0) is 13.3 Å². The molecule has 0 aromatic heterocycles. The van der Waals surface area contributed by atoms with E-state index in [1.54, 1.807) is 6.92 Å². The quantitative estimate of drug-likeness (QED) is 0.539. The zero-order valence-corrected chi connectivity index (χ0v) is 6.29. The van der Waals surface area contributed by atoms with Crippen molar-refractivity contribution in [2.75, 3.05) is 13.7 Å². The third-order valence-electron chi connectivity index (χ3n) is 0.565. The highest BCUT2D eigenvalue weighted by atomic mass is 16.6. The van der Waals surface area contributed by atoms with Gasteiger partial charge in [0, 0.05) is 13.7 Å². The first-order chi connectivity index (χ1) is 4.18. The second-order valence-corrected chi connectivity index (χ2v) is 1.56. The van der Waals surface area contributed by atoms with E-state index in [1.165, 1.54) is 7.11 Å². The van der Waals surface area contributed by atoms with Gasteiger partial charge in [-0.25, -0.2) is 0 Å². The van der Waals surface area contributed by atoms with Crippen molar-refractivity contribution in [3.05, 3.63) is 0 Å². The maximum absolute atomic E-state index is 8.14. The molecule has 3 heteroatoms. The molecule has 0 amide bonds. The largest absolute Gasteiger partial charge is 0.396 e. The van der Waals surface area contributed by atoms with Crippen molar-refractivity contribution in [3.63, 3.8) is 0 Å². The summed E-state index contributed by atoms with van der Waals surface area (Å²) in [4.78, 5) is 0. The van der Waals surface area contributed by atoms with Crippen LogP contribution in [0, 0.1) is 0 Å². The van der Waals surface area contributed by atoms with Crippen molar-refractivity contribution < 1.29 is 14.9 Å². The lowest BCUT2D eigenvalue weighted by Crippen LogP contribution is -1.99. The van der Waals surface area contributed by atoms with Gasteiger partial charge in [-0.3, -0.25) is 0 Å². The van der Waals surface area contributed by atoms with E-state index in [1.807, 2.05) is 6.92 Å². The number of aliphatic hydroxyl groups excluding tert-OH is 2. The van der Waals surface area contributed by atoms with Crippen LogP contribution in [0.1, 0.15) is 20.3 Å². The average molecular weight is 136 g/mol. The summed E-state index contributed by atoms with van der Waals surface area (Å²) in [7, 11) is 1.45. The molecule has 0 aromatic rings. The fourth-order valence-corrected chi connectivity index (χ4v) is 0. The molecule has 2 N–H and O–H groups in total. The van der Waals surface area contributed by atoms with Crippen LogP contribution in [0.2, 0.25) is 0 Å². The first kappa shape index (κ1) is 11.6. The Kier molecular flexibility index (Phi) is 14.0. The molecule has 0 aliphatic carbocycles. The number of hydrogen-bond acceptors (Lipinski definition) is 3. The van der Waals surface area contributed by atoms with Crippen molar-refractivity contribution in [1.82, 2.24) is 0 Å². The van der Waals surface area contributed by atoms with E-state index < -0.39 is 6.29 Å². The van der Waals surface area contributed by atoms with Crippen LogP contribution in [-0.4, -0.2) is 30.2 Å². The Morgan fingerprint density at radius 3 is 1.78 bits per heavy atom. The molecule has 58 valence electrons. The fraction of sp³-hybridized carbons (Fsp3) is 1.00. The maximum Gasteiger partial charge on any atom is 0.151 e. The third kappa shape index (κ3) is 32.8. The summed E-state index contributed by atoms with van der Waals surface area (Å²) in [5.41, 5.74) is 0. The molecular weight excluding hydrogens is 120 g/mol. The SMILES string of the molecule is CCCO.COC(C)O. The predicted molar refractivity (Wildman–Crippen MR) is 36.1 cm³/mol. The Balaban J connectivity index is 0. The summed E-state index contributed by atoms with van der Waals surface area (Å²) in [6.45, 7) is 3.81. The monoisotopic (exact) mass is 136 g/mol. The molecule has 0 aromatic carbocycles. The standard InChI is InChI=1S/C3H8O2.C3H8O/c1-3(4)5-2;1-2-3-4/h3-4H,1-2H3;4H,2-3H2,1H3. The van der Waals surface area contributed by atoms with Crippen LogP contribution < -0.4 is 0 Å². The molecule has 0 radical (unpaired) electrons. The van der Waals surface area contributed by atoms with E-state index in [-0.39, 0.29) is 0 Å². The van der Waals surface area contributed by atoms with Crippen LogP contribution in [0.3, 0.4) is 0 Å². The summed E-state index contributed by atoms with van der Waals surface area (Å²) in [5, 5.41) is 16.0. The van der Waals surface area contributed by atoms with Crippen LogP contribution in [0.15, 0.2) is 0 Å². The van der Waals surface area contributed by atoms with Crippen molar-refractivity contribution in [3.8, 4) is 0 Å². The lowest BCUT2D eigenvalue weighted by Gasteiger charge is -1.94. The summed E-state index contributed by atoms with van der Waals surface area (Å²) in [5.74, 6) is 0. The van der Waals surface area contributed by atoms with Crippen molar-refractivity contribution in [2.24, 2.45) is 0 Å². The van der Waals surface area contributed by atoms with Gasteiger partial charge in [0.2, 0.25) is 0 Å². The Morgan fingerprint density at radius 1 is 1.56 bits per heavy atom. The Labute approximate surface area is 56.3 Å². The average Bonchev–Trinajstić information content (AvgIpc) is 1.89. The van der Waals surface area contributed by atoms with Crippen LogP contribution in [0.4, 0.5) is 0 Å². The minimum atomic E-state index is -0.616. The van der Waals surface area contributed by atoms with Gasteiger partial charge in [-0.1, -0.05) is 6.92 Å². The molecule has 0 fully saturated rings. The van der Waals surface area contributed by atoms with Gasteiger partial charge in [0.05, 0.1) is 0 Å². The molecule has 0 saturated heterocycles. The molecule has 9 heavy (non-hydrogen) atoms. The molecule has 0 saturated carbocycles. The second kappa shape index (κ2) is 10.8. The minimum Gasteiger partial charge on any atom is -0.396 e. The maximum atomic E-state index is 8.14. The molecule has 0 aliphatic heterocycles. The van der Waals surface area contributed by atoms with Gasteiger partial charge in [0.1, 0.15) is 0 Å². The number of hydrogen-bond donors (Lipinski definition) is 2. The van der Waals surface area contributed by atoms with E-state index in [2.05, 4.69) is 4.74 Å². The third-order valence-corrected chi connectivity index (χ3v) is 0.565. The highest BCUT2D eigenvalue weighted by Crippen LogP contribution is 1.72. The zero-order chi connectivity index (χ0) is 7.70. The number of ether oxygens (including phenoxy) is 1. The van der Waals surface area contributed by atoms with E-state index in [9.17, 15) is 0 Å². The van der Waals surface area contributed by atoms with E-state index in [0.29, 0.717) is 6.61 Å². The van der Waals surface area contributed by atoms with Crippen molar-refractivity contribution in [2.45, 2.75) is 26.6 Å². The number of rotatable bonds is 2. The van der Waals surface area contributed by atoms with Crippen molar-refractivity contribution >= 4 is 0 Å². The van der Waals surface area contributed by atoms with E-state index in [4.69, 9.17) is 10.2 Å². The first-order valence-corrected chi connectivity index (χ1v) is 3.00. The van der Waals surface area contributed by atoms with E-state index in [0.717, 1.165) is 6.42 Å². The highest BCUT2D eigenvalue weighted by Gasteiger charge is 1.80. The second-order valence-electron chi connectivity index (χ2n) is 1.56. The summed E-state index contributed by atoms with van der Waals surface area (Å²) >= 11 is 0. The van der Waals surface area contributed by atoms with Gasteiger partial charge < -0.3 is 14.9 Å². The highest BCUT2D eigenvalue weighted by molar-refractivity contribution is 4.10. The Bertz CT molecular complexity index is 35.3.